The number of carbonyl (C=O) groups is 1. The number of carbonyl (C=O) groups excluding carboxylic acids is 1. The van der Waals surface area contributed by atoms with Crippen LogP contribution < -0.4 is 5.32 Å². The molecule has 1 aromatic carbocycles. The highest BCUT2D eigenvalue weighted by Gasteiger charge is 2.21. The van der Waals surface area contributed by atoms with E-state index in [0.29, 0.717) is 5.56 Å². The topological polar surface area (TPSA) is 29.1 Å². The first-order chi connectivity index (χ1) is 7.93. The minimum Gasteiger partial charge on any atom is -0.348 e. The maximum absolute atomic E-state index is 13.5. The second kappa shape index (κ2) is 6.15. The fourth-order valence-electron chi connectivity index (χ4n) is 1.50. The molecule has 0 aromatic heterocycles. The van der Waals surface area contributed by atoms with Crippen LogP contribution in [0.25, 0.3) is 0 Å². The third-order valence-corrected chi connectivity index (χ3v) is 4.04. The minimum absolute atomic E-state index is 0.115. The first-order valence-corrected chi connectivity index (χ1v) is 6.54. The molecule has 0 aliphatic rings. The Morgan fingerprint density at radius 1 is 1.29 bits per heavy atom. The van der Waals surface area contributed by atoms with Gasteiger partial charge in [0.05, 0.1) is 10.9 Å². The summed E-state index contributed by atoms with van der Waals surface area (Å²) in [4.78, 5) is 11.5. The van der Waals surface area contributed by atoms with E-state index >= 15 is 0 Å². The highest BCUT2D eigenvalue weighted by Crippen LogP contribution is 2.18. The van der Waals surface area contributed by atoms with Crippen molar-refractivity contribution in [3.63, 3.8) is 0 Å². The molecule has 2 atom stereocenters. The molecule has 0 radical (unpaired) electrons. The van der Waals surface area contributed by atoms with Crippen LogP contribution in [0, 0.1) is 11.7 Å². The molecular formula is C13H17BrFNO. The second-order valence-corrected chi connectivity index (χ2v) is 5.38. The number of rotatable bonds is 4. The fourth-order valence-corrected chi connectivity index (χ4v) is 1.63. The van der Waals surface area contributed by atoms with E-state index in [-0.39, 0.29) is 28.5 Å². The van der Waals surface area contributed by atoms with Gasteiger partial charge in [0.25, 0.3) is 0 Å². The van der Waals surface area contributed by atoms with E-state index in [2.05, 4.69) is 21.2 Å². The van der Waals surface area contributed by atoms with Crippen molar-refractivity contribution in [2.45, 2.75) is 31.6 Å². The summed E-state index contributed by atoms with van der Waals surface area (Å²) in [5.41, 5.74) is 0.504. The van der Waals surface area contributed by atoms with Crippen LogP contribution in [0.5, 0.6) is 0 Å². The van der Waals surface area contributed by atoms with Gasteiger partial charge < -0.3 is 5.32 Å². The lowest BCUT2D eigenvalue weighted by atomic mass is 10.1. The van der Waals surface area contributed by atoms with Crippen molar-refractivity contribution < 1.29 is 9.18 Å². The van der Waals surface area contributed by atoms with Crippen LogP contribution >= 0.6 is 15.9 Å². The maximum atomic E-state index is 13.5. The van der Waals surface area contributed by atoms with Crippen molar-refractivity contribution in [3.8, 4) is 0 Å². The molecule has 0 bridgehead atoms. The number of amides is 1. The Balaban J connectivity index is 2.70. The number of hydrogen-bond donors (Lipinski definition) is 1. The lowest BCUT2D eigenvalue weighted by Gasteiger charge is -2.19. The zero-order chi connectivity index (χ0) is 13.0. The van der Waals surface area contributed by atoms with Crippen molar-refractivity contribution in [2.24, 2.45) is 5.92 Å². The number of halogens is 2. The lowest BCUT2D eigenvalue weighted by molar-refractivity contribution is -0.121. The predicted octanol–water partition coefficient (Wildman–Crippen LogP) is 3.42. The molecule has 1 N–H and O–H groups in total. The number of benzene rings is 1. The first kappa shape index (κ1) is 14.2. The van der Waals surface area contributed by atoms with Crippen LogP contribution in [-0.2, 0) is 4.79 Å². The number of hydrogen-bond acceptors (Lipinski definition) is 1. The molecule has 2 nitrogen and oxygen atoms in total. The molecular weight excluding hydrogens is 285 g/mol. The van der Waals surface area contributed by atoms with Gasteiger partial charge in [0.2, 0.25) is 5.91 Å². The van der Waals surface area contributed by atoms with E-state index in [4.69, 9.17) is 0 Å². The van der Waals surface area contributed by atoms with Gasteiger partial charge in [-0.15, -0.1) is 0 Å². The Labute approximate surface area is 110 Å². The lowest BCUT2D eigenvalue weighted by Crippen LogP contribution is -2.35. The van der Waals surface area contributed by atoms with Gasteiger partial charge in [0.1, 0.15) is 5.82 Å². The van der Waals surface area contributed by atoms with Crippen LogP contribution in [-0.4, -0.2) is 10.7 Å². The molecule has 1 rings (SSSR count). The molecule has 1 unspecified atom stereocenters. The summed E-state index contributed by atoms with van der Waals surface area (Å²) in [7, 11) is 0. The van der Waals surface area contributed by atoms with E-state index in [1.165, 1.54) is 6.07 Å². The fraction of sp³-hybridized carbons (Fsp3) is 0.462. The molecule has 1 aromatic rings. The zero-order valence-corrected chi connectivity index (χ0v) is 11.8. The van der Waals surface area contributed by atoms with E-state index in [9.17, 15) is 9.18 Å². The van der Waals surface area contributed by atoms with Gasteiger partial charge in [-0.05, 0) is 18.9 Å². The maximum Gasteiger partial charge on any atom is 0.234 e. The summed E-state index contributed by atoms with van der Waals surface area (Å²) in [6.45, 7) is 5.68. The van der Waals surface area contributed by atoms with Crippen LogP contribution in [0.4, 0.5) is 4.39 Å². The average molecular weight is 302 g/mol. The first-order valence-electron chi connectivity index (χ1n) is 5.62. The molecule has 0 spiro atoms. The molecule has 4 heteroatoms. The standard InChI is InChI=1S/C13H17BrFNO/c1-8(2)12(14)13(17)16-9(3)10-6-4-5-7-11(10)15/h4-9,12H,1-3H3,(H,16,17)/t9-,12?/m1/s1. The summed E-state index contributed by atoms with van der Waals surface area (Å²) in [6, 6.07) is 6.14. The van der Waals surface area contributed by atoms with Gasteiger partial charge in [-0.25, -0.2) is 4.39 Å². The molecule has 0 aliphatic heterocycles. The van der Waals surface area contributed by atoms with Crippen LogP contribution in [0.3, 0.4) is 0 Å². The van der Waals surface area contributed by atoms with Crippen molar-refractivity contribution in [2.75, 3.05) is 0 Å². The molecule has 0 saturated carbocycles. The molecule has 17 heavy (non-hydrogen) atoms. The zero-order valence-electron chi connectivity index (χ0n) is 10.2. The molecule has 0 saturated heterocycles. The summed E-state index contributed by atoms with van der Waals surface area (Å²) in [5.74, 6) is -0.213. The van der Waals surface area contributed by atoms with E-state index in [1.807, 2.05) is 13.8 Å². The van der Waals surface area contributed by atoms with Crippen molar-refractivity contribution in [1.29, 1.82) is 0 Å². The van der Waals surface area contributed by atoms with Gasteiger partial charge in [0.15, 0.2) is 0 Å². The summed E-state index contributed by atoms with van der Waals surface area (Å²) in [6.07, 6.45) is 0. The van der Waals surface area contributed by atoms with Crippen LogP contribution in [0.15, 0.2) is 24.3 Å². The third kappa shape index (κ3) is 3.80. The van der Waals surface area contributed by atoms with Crippen molar-refractivity contribution >= 4 is 21.8 Å². The van der Waals surface area contributed by atoms with Gasteiger partial charge >= 0.3 is 0 Å². The van der Waals surface area contributed by atoms with Crippen LogP contribution in [0.1, 0.15) is 32.4 Å². The van der Waals surface area contributed by atoms with Gasteiger partial charge in [-0.2, -0.15) is 0 Å². The molecule has 94 valence electrons. The summed E-state index contributed by atoms with van der Waals surface area (Å²) >= 11 is 3.32. The number of alkyl halides is 1. The largest absolute Gasteiger partial charge is 0.348 e. The van der Waals surface area contributed by atoms with Gasteiger partial charge in [-0.1, -0.05) is 48.0 Å². The smallest absolute Gasteiger partial charge is 0.234 e. The highest BCUT2D eigenvalue weighted by molar-refractivity contribution is 9.10. The minimum atomic E-state index is -0.331. The van der Waals surface area contributed by atoms with Crippen molar-refractivity contribution in [1.82, 2.24) is 5.32 Å². The van der Waals surface area contributed by atoms with E-state index in [1.54, 1.807) is 25.1 Å². The third-order valence-electron chi connectivity index (χ3n) is 2.57. The average Bonchev–Trinajstić information content (AvgIpc) is 2.28. The molecule has 0 fully saturated rings. The quantitative estimate of drug-likeness (QED) is 0.848. The molecule has 1 amide bonds. The van der Waals surface area contributed by atoms with Crippen molar-refractivity contribution in [3.05, 3.63) is 35.6 Å². The van der Waals surface area contributed by atoms with Crippen LogP contribution in [0.2, 0.25) is 0 Å². The highest BCUT2D eigenvalue weighted by atomic mass is 79.9. The second-order valence-electron chi connectivity index (χ2n) is 4.40. The summed E-state index contributed by atoms with van der Waals surface area (Å²) in [5, 5.41) is 2.79. The monoisotopic (exact) mass is 301 g/mol. The summed E-state index contributed by atoms with van der Waals surface area (Å²) < 4.78 is 13.5. The Morgan fingerprint density at radius 2 is 1.88 bits per heavy atom. The number of nitrogens with one attached hydrogen (secondary N) is 1. The molecule has 0 heterocycles. The van der Waals surface area contributed by atoms with E-state index in [0.717, 1.165) is 0 Å². The Bertz CT molecular complexity index is 395. The molecule has 0 aliphatic carbocycles. The van der Waals surface area contributed by atoms with Gasteiger partial charge in [-0.3, -0.25) is 4.79 Å². The Kier molecular flexibility index (Phi) is 5.12. The Morgan fingerprint density at radius 3 is 2.41 bits per heavy atom. The predicted molar refractivity (Wildman–Crippen MR) is 70.5 cm³/mol. The Hall–Kier alpha value is -0.900. The normalized spacial score (nSPS) is 14.5. The SMILES string of the molecule is CC(C)C(Br)C(=O)N[C@H](C)c1ccccc1F. The van der Waals surface area contributed by atoms with Gasteiger partial charge in [0, 0.05) is 5.56 Å². The van der Waals surface area contributed by atoms with E-state index < -0.39 is 0 Å².